The van der Waals surface area contributed by atoms with Crippen molar-refractivity contribution in [1.29, 1.82) is 0 Å². The highest BCUT2D eigenvalue weighted by Gasteiger charge is 2.43. The third kappa shape index (κ3) is 3.57. The zero-order valence-corrected chi connectivity index (χ0v) is 17.9. The third-order valence-electron chi connectivity index (χ3n) is 6.59. The van der Waals surface area contributed by atoms with Gasteiger partial charge in [0.25, 0.3) is 0 Å². The molecule has 2 aromatic rings. The molecule has 0 N–H and O–H groups in total. The first kappa shape index (κ1) is 19.0. The van der Waals surface area contributed by atoms with Gasteiger partial charge in [0.2, 0.25) is 0 Å². The molecule has 2 heterocycles. The third-order valence-corrected chi connectivity index (χ3v) is 7.31. The van der Waals surface area contributed by atoms with Gasteiger partial charge in [0, 0.05) is 36.5 Å². The Morgan fingerprint density at radius 1 is 1.15 bits per heavy atom. The van der Waals surface area contributed by atoms with Crippen LogP contribution in [-0.2, 0) is 4.74 Å². The number of aromatic nitrogens is 1. The minimum atomic E-state index is 0.344. The highest BCUT2D eigenvalue weighted by Crippen LogP contribution is 2.40. The molecule has 146 valence electrons. The number of likely N-dealkylation sites (N-methyl/N-ethyl adjacent to an activating group) is 1. The lowest BCUT2D eigenvalue weighted by molar-refractivity contribution is -0.0209. The largest absolute Gasteiger partial charge is 0.380 e. The molecular weight excluding hydrogens is 354 g/mol. The number of nitrogens with zero attached hydrogens (tertiary/aromatic N) is 3. The van der Waals surface area contributed by atoms with E-state index in [0.29, 0.717) is 18.1 Å². The van der Waals surface area contributed by atoms with Gasteiger partial charge in [-0.1, -0.05) is 6.07 Å². The van der Waals surface area contributed by atoms with Crippen LogP contribution < -0.4 is 4.90 Å². The number of rotatable bonds is 4. The normalized spacial score (nSPS) is 28.1. The van der Waals surface area contributed by atoms with Gasteiger partial charge in [-0.05, 0) is 75.7 Å². The second kappa shape index (κ2) is 7.61. The molecule has 1 saturated heterocycles. The van der Waals surface area contributed by atoms with Crippen molar-refractivity contribution in [2.45, 2.75) is 36.8 Å². The molecule has 0 unspecified atom stereocenters. The van der Waals surface area contributed by atoms with Gasteiger partial charge in [0.05, 0.1) is 11.6 Å². The minimum absolute atomic E-state index is 0.344. The summed E-state index contributed by atoms with van der Waals surface area (Å²) in [6.45, 7) is 4.43. The lowest BCUT2D eigenvalue weighted by Gasteiger charge is -2.40. The number of thioether (sulfide) groups is 1. The quantitative estimate of drug-likeness (QED) is 0.741. The summed E-state index contributed by atoms with van der Waals surface area (Å²) >= 11 is 1.78. The summed E-state index contributed by atoms with van der Waals surface area (Å²) in [5.41, 5.74) is 2.44. The van der Waals surface area contributed by atoms with Crippen molar-refractivity contribution in [1.82, 2.24) is 9.88 Å². The lowest BCUT2D eigenvalue weighted by atomic mass is 9.77. The molecule has 1 aliphatic carbocycles. The number of ether oxygens (including phenoxy) is 1. The standard InChI is InChI=1S/C22H31N3OS/c1-14-8-22(23-19-11-17(27-5)6-7-18(14)19)25-12-15-9-20(24(2)3)21(26-4)10-16(15)13-25/h6-8,11,15-16,20-21H,9-10,12-13H2,1-5H3/t15-,16+,20-,21-/m1/s1. The van der Waals surface area contributed by atoms with E-state index in [2.05, 4.69) is 61.3 Å². The lowest BCUT2D eigenvalue weighted by Crippen LogP contribution is -2.47. The zero-order valence-electron chi connectivity index (χ0n) is 17.1. The maximum absolute atomic E-state index is 5.84. The van der Waals surface area contributed by atoms with Crippen molar-refractivity contribution in [3.8, 4) is 0 Å². The number of anilines is 1. The maximum Gasteiger partial charge on any atom is 0.129 e. The van der Waals surface area contributed by atoms with Crippen LogP contribution >= 0.6 is 11.8 Å². The van der Waals surface area contributed by atoms with Gasteiger partial charge in [-0.15, -0.1) is 11.8 Å². The molecule has 0 radical (unpaired) electrons. The summed E-state index contributed by atoms with van der Waals surface area (Å²) in [7, 11) is 6.23. The molecule has 0 spiro atoms. The molecule has 1 aliphatic heterocycles. The molecule has 2 aliphatic rings. The second-order valence-corrected chi connectivity index (χ2v) is 9.26. The van der Waals surface area contributed by atoms with Gasteiger partial charge in [-0.2, -0.15) is 0 Å². The summed E-state index contributed by atoms with van der Waals surface area (Å²) in [6, 6.07) is 9.42. The van der Waals surface area contributed by atoms with E-state index < -0.39 is 0 Å². The van der Waals surface area contributed by atoms with Gasteiger partial charge < -0.3 is 14.5 Å². The summed E-state index contributed by atoms with van der Waals surface area (Å²) < 4.78 is 5.84. The van der Waals surface area contributed by atoms with Crippen molar-refractivity contribution in [2.75, 3.05) is 45.5 Å². The molecule has 2 fully saturated rings. The van der Waals surface area contributed by atoms with Crippen LogP contribution in [0.25, 0.3) is 10.9 Å². The summed E-state index contributed by atoms with van der Waals surface area (Å²) in [6.07, 6.45) is 4.84. The fraction of sp³-hybridized carbons (Fsp3) is 0.591. The van der Waals surface area contributed by atoms with Crippen molar-refractivity contribution < 1.29 is 4.74 Å². The van der Waals surface area contributed by atoms with Crippen LogP contribution in [0.5, 0.6) is 0 Å². The van der Waals surface area contributed by atoms with Crippen molar-refractivity contribution in [2.24, 2.45) is 11.8 Å². The van der Waals surface area contributed by atoms with Gasteiger partial charge in [0.1, 0.15) is 5.82 Å². The predicted molar refractivity (Wildman–Crippen MR) is 115 cm³/mol. The predicted octanol–water partition coefficient (Wildman–Crippen LogP) is 4.06. The molecular formula is C22H31N3OS. The van der Waals surface area contributed by atoms with Crippen LogP contribution in [0.3, 0.4) is 0 Å². The monoisotopic (exact) mass is 385 g/mol. The van der Waals surface area contributed by atoms with E-state index in [4.69, 9.17) is 9.72 Å². The van der Waals surface area contributed by atoms with E-state index in [1.54, 1.807) is 11.8 Å². The molecule has 4 nitrogen and oxygen atoms in total. The molecule has 1 saturated carbocycles. The fourth-order valence-electron chi connectivity index (χ4n) is 5.03. The number of pyridine rings is 1. The van der Waals surface area contributed by atoms with Gasteiger partial charge in [-0.25, -0.2) is 4.98 Å². The van der Waals surface area contributed by atoms with E-state index in [0.717, 1.165) is 36.8 Å². The van der Waals surface area contributed by atoms with E-state index >= 15 is 0 Å². The Bertz CT molecular complexity index is 825. The van der Waals surface area contributed by atoms with Crippen LogP contribution in [0.15, 0.2) is 29.2 Å². The molecule has 4 rings (SSSR count). The average Bonchev–Trinajstić information content (AvgIpc) is 3.09. The SMILES string of the molecule is CO[C@@H]1C[C@H]2CN(c3cc(C)c4ccc(SC)cc4n3)C[C@H]2C[C@H]1N(C)C. The number of fused-ring (bicyclic) bond motifs is 2. The van der Waals surface area contributed by atoms with E-state index in [1.807, 2.05) is 7.11 Å². The molecule has 1 aromatic heterocycles. The Labute approximate surface area is 167 Å². The number of aryl methyl sites for hydroxylation is 1. The molecule has 0 amide bonds. The van der Waals surface area contributed by atoms with Gasteiger partial charge in [0.15, 0.2) is 0 Å². The Morgan fingerprint density at radius 2 is 1.89 bits per heavy atom. The van der Waals surface area contributed by atoms with Crippen molar-refractivity contribution in [3.63, 3.8) is 0 Å². The van der Waals surface area contributed by atoms with Crippen LogP contribution in [0.2, 0.25) is 0 Å². The highest BCUT2D eigenvalue weighted by molar-refractivity contribution is 7.98. The Kier molecular flexibility index (Phi) is 5.36. The van der Waals surface area contributed by atoms with Crippen LogP contribution in [0.4, 0.5) is 5.82 Å². The van der Waals surface area contributed by atoms with Gasteiger partial charge >= 0.3 is 0 Å². The molecule has 1 aromatic carbocycles. The number of methoxy groups -OCH3 is 1. The Hall–Kier alpha value is -1.30. The summed E-state index contributed by atoms with van der Waals surface area (Å²) in [5.74, 6) is 2.59. The summed E-state index contributed by atoms with van der Waals surface area (Å²) in [4.78, 5) is 11.2. The van der Waals surface area contributed by atoms with E-state index in [-0.39, 0.29) is 0 Å². The first-order chi connectivity index (χ1) is 13.0. The van der Waals surface area contributed by atoms with Crippen LogP contribution in [-0.4, -0.2) is 62.6 Å². The Balaban J connectivity index is 1.60. The minimum Gasteiger partial charge on any atom is -0.380 e. The number of hydrogen-bond donors (Lipinski definition) is 0. The first-order valence-electron chi connectivity index (χ1n) is 9.89. The molecule has 4 atom stereocenters. The highest BCUT2D eigenvalue weighted by atomic mass is 32.2. The first-order valence-corrected chi connectivity index (χ1v) is 11.1. The van der Waals surface area contributed by atoms with Crippen molar-refractivity contribution in [3.05, 3.63) is 29.8 Å². The zero-order chi connectivity index (χ0) is 19.1. The average molecular weight is 386 g/mol. The van der Waals surface area contributed by atoms with Crippen LogP contribution in [0.1, 0.15) is 18.4 Å². The second-order valence-electron chi connectivity index (χ2n) is 8.38. The van der Waals surface area contributed by atoms with Crippen LogP contribution in [0, 0.1) is 18.8 Å². The summed E-state index contributed by atoms with van der Waals surface area (Å²) in [5, 5.41) is 1.26. The molecule has 0 bridgehead atoms. The Morgan fingerprint density at radius 3 is 2.56 bits per heavy atom. The molecule has 27 heavy (non-hydrogen) atoms. The van der Waals surface area contributed by atoms with Crippen molar-refractivity contribution >= 4 is 28.5 Å². The fourth-order valence-corrected chi connectivity index (χ4v) is 5.46. The molecule has 5 heteroatoms. The maximum atomic E-state index is 5.84. The number of benzene rings is 1. The van der Waals surface area contributed by atoms with E-state index in [1.165, 1.54) is 22.3 Å². The van der Waals surface area contributed by atoms with Gasteiger partial charge in [-0.3, -0.25) is 0 Å². The van der Waals surface area contributed by atoms with E-state index in [9.17, 15) is 0 Å². The number of hydrogen-bond acceptors (Lipinski definition) is 5. The topological polar surface area (TPSA) is 28.6 Å². The smallest absolute Gasteiger partial charge is 0.129 e.